The van der Waals surface area contributed by atoms with Crippen molar-refractivity contribution in [2.45, 2.75) is 26.2 Å². The van der Waals surface area contributed by atoms with Gasteiger partial charge in [0.25, 0.3) is 5.24 Å². The molecule has 8 heteroatoms. The molecular weight excluding hydrogens is 338 g/mol. The number of aromatic amines is 1. The van der Waals surface area contributed by atoms with Gasteiger partial charge in [0.15, 0.2) is 0 Å². The van der Waals surface area contributed by atoms with Gasteiger partial charge >= 0.3 is 0 Å². The van der Waals surface area contributed by atoms with E-state index in [-0.39, 0.29) is 15.3 Å². The lowest BCUT2D eigenvalue weighted by molar-refractivity contribution is -0.864. The molecule has 7 nitrogen and oxygen atoms in total. The van der Waals surface area contributed by atoms with E-state index in [1.54, 1.807) is 7.05 Å². The Balaban J connectivity index is 1.63. The maximum absolute atomic E-state index is 12.2. The fraction of sp³-hybridized carbons (Fsp3) is 0.529. The summed E-state index contributed by atoms with van der Waals surface area (Å²) in [6, 6.07) is 5.66. The van der Waals surface area contributed by atoms with Crippen molar-refractivity contribution in [2.75, 3.05) is 38.5 Å². The summed E-state index contributed by atoms with van der Waals surface area (Å²) in [5.41, 5.74) is 2.47. The molecule has 0 aliphatic carbocycles. The Morgan fingerprint density at radius 2 is 2.04 bits per heavy atom. The van der Waals surface area contributed by atoms with Crippen molar-refractivity contribution in [3.05, 3.63) is 29.2 Å². The number of nitrogens with one attached hydrogen (secondary N) is 2. The fourth-order valence-corrected chi connectivity index (χ4v) is 3.41. The molecule has 0 saturated carbocycles. The third kappa shape index (κ3) is 4.52. The lowest BCUT2D eigenvalue weighted by Gasteiger charge is -2.44. The average Bonchev–Trinajstić information content (AvgIpc) is 2.93. The van der Waals surface area contributed by atoms with Crippen LogP contribution in [0.3, 0.4) is 0 Å². The Hall–Kier alpha value is -1.61. The Morgan fingerprint density at radius 1 is 1.36 bits per heavy atom. The number of nitrogens with zero attached hydrogens (tertiary/aromatic N) is 3. The van der Waals surface area contributed by atoms with Crippen LogP contribution in [0.4, 0.5) is 10.5 Å². The molecule has 0 spiro atoms. The van der Waals surface area contributed by atoms with Gasteiger partial charge in [0, 0.05) is 23.1 Å². The summed E-state index contributed by atoms with van der Waals surface area (Å²) in [5.74, 6) is 0.924. The van der Waals surface area contributed by atoms with Crippen LogP contribution in [-0.4, -0.2) is 57.4 Å². The number of benzene rings is 1. The number of imidazole rings is 1. The van der Waals surface area contributed by atoms with Gasteiger partial charge in [-0.05, 0) is 18.2 Å². The van der Waals surface area contributed by atoms with E-state index < -0.39 is 0 Å². The first-order valence-corrected chi connectivity index (χ1v) is 9.19. The molecule has 1 amide bonds. The van der Waals surface area contributed by atoms with Gasteiger partial charge in [-0.15, -0.1) is 0 Å². The molecule has 2 N–H and O–H groups in total. The highest BCUT2D eigenvalue weighted by atomic mass is 32.2. The number of carbonyl (C=O) groups is 1. The standard InChI is InChI=1S/C17H25N5O2S/c1-17(2,3)15-19-13-6-5-12(11-14(13)20-15)18-16(23)25-21-7-9-22(4,24)10-8-21/h5-6,11H,7-10H2,1-4H3,(H,18,23)(H,19,20). The molecule has 0 radical (unpaired) electrons. The van der Waals surface area contributed by atoms with Gasteiger partial charge in [-0.1, -0.05) is 20.8 Å². The number of hydrogen-bond donors (Lipinski definition) is 2. The zero-order chi connectivity index (χ0) is 18.2. The Kier molecular flexibility index (Phi) is 4.80. The van der Waals surface area contributed by atoms with E-state index in [1.807, 2.05) is 22.5 Å². The van der Waals surface area contributed by atoms with Crippen LogP contribution in [0.5, 0.6) is 0 Å². The van der Waals surface area contributed by atoms with Crippen molar-refractivity contribution in [2.24, 2.45) is 0 Å². The number of fused-ring (bicyclic) bond motifs is 1. The lowest BCUT2D eigenvalue weighted by atomic mass is 9.96. The minimum atomic E-state index is -0.231. The minimum Gasteiger partial charge on any atom is -0.633 e. The normalized spacial score (nSPS) is 18.4. The molecule has 2 aromatic rings. The summed E-state index contributed by atoms with van der Waals surface area (Å²) < 4.78 is 1.71. The Labute approximate surface area is 152 Å². The number of hydrogen-bond acceptors (Lipinski definition) is 5. The summed E-state index contributed by atoms with van der Waals surface area (Å²) in [6.07, 6.45) is 0. The number of aromatic nitrogens is 2. The molecule has 136 valence electrons. The number of rotatable bonds is 2. The largest absolute Gasteiger partial charge is 0.633 e. The quantitative estimate of drug-likeness (QED) is 0.486. The van der Waals surface area contributed by atoms with Gasteiger partial charge in [0.2, 0.25) is 0 Å². The van der Waals surface area contributed by atoms with E-state index in [2.05, 4.69) is 36.1 Å². The second kappa shape index (κ2) is 6.60. The first-order valence-electron chi connectivity index (χ1n) is 8.42. The van der Waals surface area contributed by atoms with Crippen LogP contribution in [-0.2, 0) is 5.41 Å². The van der Waals surface area contributed by atoms with E-state index in [9.17, 15) is 10.0 Å². The van der Waals surface area contributed by atoms with Crippen LogP contribution in [0.1, 0.15) is 26.6 Å². The first kappa shape index (κ1) is 18.2. The third-order valence-electron chi connectivity index (χ3n) is 4.30. The topological polar surface area (TPSA) is 84.1 Å². The molecule has 0 bridgehead atoms. The highest BCUT2D eigenvalue weighted by molar-refractivity contribution is 8.11. The second-order valence-corrected chi connectivity index (χ2v) is 8.81. The molecule has 0 unspecified atom stereocenters. The van der Waals surface area contributed by atoms with Crippen molar-refractivity contribution >= 4 is 33.9 Å². The Morgan fingerprint density at radius 3 is 2.68 bits per heavy atom. The third-order valence-corrected chi connectivity index (χ3v) is 5.19. The fourth-order valence-electron chi connectivity index (χ4n) is 2.66. The summed E-state index contributed by atoms with van der Waals surface area (Å²) in [7, 11) is 1.67. The van der Waals surface area contributed by atoms with Crippen molar-refractivity contribution < 1.29 is 9.44 Å². The summed E-state index contributed by atoms with van der Waals surface area (Å²) >= 11 is 1.14. The smallest absolute Gasteiger partial charge is 0.298 e. The maximum atomic E-state index is 12.2. The molecule has 1 fully saturated rings. The molecule has 0 atom stereocenters. The number of H-pyrrole nitrogens is 1. The number of likely N-dealkylation sites (N-methyl/N-ethyl adjacent to an activating group) is 1. The molecule has 2 heterocycles. The van der Waals surface area contributed by atoms with Crippen molar-refractivity contribution in [3.8, 4) is 0 Å². The molecule has 1 aliphatic rings. The minimum absolute atomic E-state index is 0.0544. The van der Waals surface area contributed by atoms with Crippen LogP contribution in [0.2, 0.25) is 0 Å². The van der Waals surface area contributed by atoms with E-state index >= 15 is 0 Å². The van der Waals surface area contributed by atoms with Gasteiger partial charge in [-0.3, -0.25) is 4.79 Å². The SMILES string of the molecule is CC(C)(C)c1nc2ccc(NC(=O)SN3CC[N+](C)([O-])CC3)cc2[nH]1. The van der Waals surface area contributed by atoms with Crippen LogP contribution >= 0.6 is 11.9 Å². The molecule has 1 aromatic heterocycles. The molecular formula is C17H25N5O2S. The molecule has 25 heavy (non-hydrogen) atoms. The molecule has 1 aliphatic heterocycles. The summed E-state index contributed by atoms with van der Waals surface area (Å²) in [4.78, 5) is 20.2. The van der Waals surface area contributed by atoms with Gasteiger partial charge in [0.05, 0.1) is 44.3 Å². The molecule has 1 aromatic carbocycles. The van der Waals surface area contributed by atoms with Crippen molar-refractivity contribution in [1.82, 2.24) is 14.3 Å². The zero-order valence-corrected chi connectivity index (χ0v) is 15.9. The monoisotopic (exact) mass is 363 g/mol. The van der Waals surface area contributed by atoms with E-state index in [0.29, 0.717) is 26.2 Å². The van der Waals surface area contributed by atoms with E-state index in [4.69, 9.17) is 0 Å². The number of quaternary nitrogens is 1. The number of piperazine rings is 1. The predicted molar refractivity (Wildman–Crippen MR) is 102 cm³/mol. The van der Waals surface area contributed by atoms with Crippen LogP contribution < -0.4 is 5.32 Å². The van der Waals surface area contributed by atoms with Crippen LogP contribution in [0.15, 0.2) is 18.2 Å². The number of carbonyl (C=O) groups excluding carboxylic acids is 1. The number of amides is 1. The van der Waals surface area contributed by atoms with Crippen LogP contribution in [0, 0.1) is 5.21 Å². The number of anilines is 1. The van der Waals surface area contributed by atoms with E-state index in [1.165, 1.54) is 0 Å². The van der Waals surface area contributed by atoms with Crippen LogP contribution in [0.25, 0.3) is 11.0 Å². The predicted octanol–water partition coefficient (Wildman–Crippen LogP) is 3.30. The average molecular weight is 363 g/mol. The van der Waals surface area contributed by atoms with Crippen molar-refractivity contribution in [1.29, 1.82) is 0 Å². The molecule has 3 rings (SSSR count). The van der Waals surface area contributed by atoms with Crippen molar-refractivity contribution in [3.63, 3.8) is 0 Å². The summed E-state index contributed by atoms with van der Waals surface area (Å²) in [6.45, 7) is 8.57. The van der Waals surface area contributed by atoms with Gasteiger partial charge < -0.3 is 20.2 Å². The summed E-state index contributed by atoms with van der Waals surface area (Å²) in [5, 5.41) is 14.6. The maximum Gasteiger partial charge on any atom is 0.298 e. The number of hydroxylamine groups is 3. The zero-order valence-electron chi connectivity index (χ0n) is 15.1. The first-order chi connectivity index (χ1) is 11.6. The second-order valence-electron chi connectivity index (χ2n) is 7.74. The Bertz CT molecular complexity index is 771. The van der Waals surface area contributed by atoms with E-state index in [0.717, 1.165) is 34.5 Å². The van der Waals surface area contributed by atoms with Gasteiger partial charge in [-0.25, -0.2) is 9.29 Å². The highest BCUT2D eigenvalue weighted by Gasteiger charge is 2.24. The highest BCUT2D eigenvalue weighted by Crippen LogP contribution is 2.25. The van der Waals surface area contributed by atoms with Gasteiger partial charge in [-0.2, -0.15) is 0 Å². The van der Waals surface area contributed by atoms with Gasteiger partial charge in [0.1, 0.15) is 5.82 Å². The lowest BCUT2D eigenvalue weighted by Crippen LogP contribution is -2.52. The molecule has 1 saturated heterocycles.